The first kappa shape index (κ1) is 14.5. The van der Waals surface area contributed by atoms with Gasteiger partial charge in [0.05, 0.1) is 11.4 Å². The van der Waals surface area contributed by atoms with E-state index in [0.29, 0.717) is 0 Å². The van der Waals surface area contributed by atoms with Crippen LogP contribution in [-0.4, -0.2) is 12.1 Å². The Balaban J connectivity index is 1.87. The van der Waals surface area contributed by atoms with Gasteiger partial charge in [-0.1, -0.05) is 66.7 Å². The van der Waals surface area contributed by atoms with Crippen molar-refractivity contribution < 1.29 is 4.74 Å². The predicted octanol–water partition coefficient (Wildman–Crippen LogP) is 4.68. The van der Waals surface area contributed by atoms with Crippen molar-refractivity contribution in [3.8, 4) is 11.3 Å². The Hall–Kier alpha value is -2.45. The van der Waals surface area contributed by atoms with E-state index in [-0.39, 0.29) is 6.10 Å². The molecule has 110 valence electrons. The van der Waals surface area contributed by atoms with E-state index in [0.717, 1.165) is 23.4 Å². The number of ether oxygens (including phenoxy) is 1. The molecular formula is C20H19NO. The summed E-state index contributed by atoms with van der Waals surface area (Å²) in [6.45, 7) is 0. The average Bonchev–Trinajstić information content (AvgIpc) is 2.61. The summed E-state index contributed by atoms with van der Waals surface area (Å²) in [6, 6.07) is 26.7. The zero-order chi connectivity index (χ0) is 15.2. The van der Waals surface area contributed by atoms with Crippen LogP contribution in [0.3, 0.4) is 0 Å². The van der Waals surface area contributed by atoms with Gasteiger partial charge >= 0.3 is 0 Å². The van der Waals surface area contributed by atoms with Crippen molar-refractivity contribution in [3.05, 3.63) is 90.1 Å². The second kappa shape index (κ2) is 7.01. The van der Waals surface area contributed by atoms with Gasteiger partial charge in [-0.3, -0.25) is 4.98 Å². The predicted molar refractivity (Wildman–Crippen MR) is 89.6 cm³/mol. The van der Waals surface area contributed by atoms with Crippen molar-refractivity contribution >= 4 is 0 Å². The molecule has 0 radical (unpaired) electrons. The number of pyridine rings is 1. The van der Waals surface area contributed by atoms with Crippen molar-refractivity contribution in [1.82, 2.24) is 4.98 Å². The first-order valence-electron chi connectivity index (χ1n) is 7.46. The second-order valence-corrected chi connectivity index (χ2v) is 5.23. The van der Waals surface area contributed by atoms with Crippen LogP contribution in [0, 0.1) is 0 Å². The molecule has 0 N–H and O–H groups in total. The molecule has 0 aliphatic heterocycles. The highest BCUT2D eigenvalue weighted by atomic mass is 16.5. The molecule has 1 heterocycles. The van der Waals surface area contributed by atoms with Gasteiger partial charge in [0.2, 0.25) is 0 Å². The fraction of sp³-hybridized carbons (Fsp3) is 0.150. The topological polar surface area (TPSA) is 22.1 Å². The Labute approximate surface area is 131 Å². The van der Waals surface area contributed by atoms with Crippen LogP contribution < -0.4 is 0 Å². The summed E-state index contributed by atoms with van der Waals surface area (Å²) in [4.78, 5) is 4.79. The lowest BCUT2D eigenvalue weighted by Crippen LogP contribution is -2.07. The SMILES string of the molecule is COC(Cc1ccccc1)c1cccc(-c2ccccc2)n1. The Morgan fingerprint density at radius 1 is 0.818 bits per heavy atom. The molecule has 0 saturated carbocycles. The third kappa shape index (κ3) is 3.41. The van der Waals surface area contributed by atoms with Gasteiger partial charge in [0, 0.05) is 19.1 Å². The molecule has 3 rings (SSSR count). The van der Waals surface area contributed by atoms with Crippen molar-refractivity contribution in [2.45, 2.75) is 12.5 Å². The van der Waals surface area contributed by atoms with E-state index in [1.807, 2.05) is 42.5 Å². The van der Waals surface area contributed by atoms with Crippen LogP contribution in [0.5, 0.6) is 0 Å². The fourth-order valence-corrected chi connectivity index (χ4v) is 2.54. The number of hydrogen-bond donors (Lipinski definition) is 0. The Kier molecular flexibility index (Phi) is 4.62. The van der Waals surface area contributed by atoms with E-state index in [2.05, 4.69) is 36.4 Å². The summed E-state index contributed by atoms with van der Waals surface area (Å²) in [6.07, 6.45) is 0.786. The molecule has 0 amide bonds. The van der Waals surface area contributed by atoms with Crippen LogP contribution in [-0.2, 0) is 11.2 Å². The molecule has 0 spiro atoms. The van der Waals surface area contributed by atoms with Gasteiger partial charge in [-0.2, -0.15) is 0 Å². The third-order valence-electron chi connectivity index (χ3n) is 3.72. The lowest BCUT2D eigenvalue weighted by Gasteiger charge is -2.16. The molecule has 1 atom stereocenters. The number of benzene rings is 2. The quantitative estimate of drug-likeness (QED) is 0.680. The molecule has 3 aromatic rings. The lowest BCUT2D eigenvalue weighted by molar-refractivity contribution is 0.100. The summed E-state index contributed by atoms with van der Waals surface area (Å²) in [5, 5.41) is 0. The molecule has 0 bridgehead atoms. The normalized spacial score (nSPS) is 12.0. The van der Waals surface area contributed by atoms with Crippen molar-refractivity contribution in [2.75, 3.05) is 7.11 Å². The number of methoxy groups -OCH3 is 1. The van der Waals surface area contributed by atoms with Crippen LogP contribution >= 0.6 is 0 Å². The summed E-state index contributed by atoms with van der Waals surface area (Å²) >= 11 is 0. The summed E-state index contributed by atoms with van der Waals surface area (Å²) < 4.78 is 5.67. The Morgan fingerprint density at radius 3 is 2.18 bits per heavy atom. The van der Waals surface area contributed by atoms with Gasteiger partial charge in [0.1, 0.15) is 6.10 Å². The first-order chi connectivity index (χ1) is 10.9. The van der Waals surface area contributed by atoms with Crippen molar-refractivity contribution in [3.63, 3.8) is 0 Å². The largest absolute Gasteiger partial charge is 0.375 e. The summed E-state index contributed by atoms with van der Waals surface area (Å²) in [5.74, 6) is 0. The van der Waals surface area contributed by atoms with Gasteiger partial charge in [0.15, 0.2) is 0 Å². The van der Waals surface area contributed by atoms with Gasteiger partial charge < -0.3 is 4.74 Å². The zero-order valence-electron chi connectivity index (χ0n) is 12.6. The molecular weight excluding hydrogens is 270 g/mol. The van der Waals surface area contributed by atoms with Crippen LogP contribution in [0.4, 0.5) is 0 Å². The van der Waals surface area contributed by atoms with E-state index < -0.39 is 0 Å². The van der Waals surface area contributed by atoms with Crippen LogP contribution in [0.15, 0.2) is 78.9 Å². The van der Waals surface area contributed by atoms with Crippen LogP contribution in [0.25, 0.3) is 11.3 Å². The first-order valence-corrected chi connectivity index (χ1v) is 7.46. The summed E-state index contributed by atoms with van der Waals surface area (Å²) in [5.41, 5.74) is 4.32. The molecule has 2 heteroatoms. The monoisotopic (exact) mass is 289 g/mol. The molecule has 0 aliphatic carbocycles. The van der Waals surface area contributed by atoms with Crippen molar-refractivity contribution in [1.29, 1.82) is 0 Å². The van der Waals surface area contributed by atoms with E-state index in [9.17, 15) is 0 Å². The van der Waals surface area contributed by atoms with E-state index in [4.69, 9.17) is 9.72 Å². The maximum atomic E-state index is 5.67. The highest BCUT2D eigenvalue weighted by Gasteiger charge is 2.13. The van der Waals surface area contributed by atoms with Crippen LogP contribution in [0.1, 0.15) is 17.4 Å². The highest BCUT2D eigenvalue weighted by Crippen LogP contribution is 2.23. The molecule has 0 saturated heterocycles. The molecule has 22 heavy (non-hydrogen) atoms. The molecule has 0 fully saturated rings. The molecule has 2 nitrogen and oxygen atoms in total. The minimum Gasteiger partial charge on any atom is -0.375 e. The number of aromatic nitrogens is 1. The number of nitrogens with zero attached hydrogens (tertiary/aromatic N) is 1. The van der Waals surface area contributed by atoms with E-state index in [1.165, 1.54) is 5.56 Å². The van der Waals surface area contributed by atoms with E-state index >= 15 is 0 Å². The number of hydrogen-bond acceptors (Lipinski definition) is 2. The number of rotatable bonds is 5. The second-order valence-electron chi connectivity index (χ2n) is 5.23. The Morgan fingerprint density at radius 2 is 1.50 bits per heavy atom. The average molecular weight is 289 g/mol. The highest BCUT2D eigenvalue weighted by molar-refractivity contribution is 5.58. The standard InChI is InChI=1S/C20H19NO/c1-22-20(15-16-9-4-2-5-10-16)19-14-8-13-18(21-19)17-11-6-3-7-12-17/h2-14,20H,15H2,1H3. The minimum atomic E-state index is -0.0361. The van der Waals surface area contributed by atoms with Crippen molar-refractivity contribution in [2.24, 2.45) is 0 Å². The fourth-order valence-electron chi connectivity index (χ4n) is 2.54. The zero-order valence-corrected chi connectivity index (χ0v) is 12.6. The van der Waals surface area contributed by atoms with E-state index in [1.54, 1.807) is 7.11 Å². The molecule has 1 aromatic heterocycles. The van der Waals surface area contributed by atoms with Gasteiger partial charge in [0.25, 0.3) is 0 Å². The molecule has 0 aliphatic rings. The summed E-state index contributed by atoms with van der Waals surface area (Å²) in [7, 11) is 1.74. The van der Waals surface area contributed by atoms with Crippen LogP contribution in [0.2, 0.25) is 0 Å². The third-order valence-corrected chi connectivity index (χ3v) is 3.72. The molecule has 2 aromatic carbocycles. The lowest BCUT2D eigenvalue weighted by atomic mass is 10.0. The van der Waals surface area contributed by atoms with Gasteiger partial charge in [-0.15, -0.1) is 0 Å². The smallest absolute Gasteiger partial charge is 0.103 e. The molecule has 1 unspecified atom stereocenters. The Bertz CT molecular complexity index is 710. The van der Waals surface area contributed by atoms with Gasteiger partial charge in [-0.25, -0.2) is 0 Å². The maximum Gasteiger partial charge on any atom is 0.103 e. The minimum absolute atomic E-state index is 0.0361. The van der Waals surface area contributed by atoms with Gasteiger partial charge in [-0.05, 0) is 17.7 Å². The maximum absolute atomic E-state index is 5.67.